The van der Waals surface area contributed by atoms with E-state index in [-0.39, 0.29) is 5.91 Å². The SMILES string of the molecule is CCOc1ncccc1C(=O)N1CC[C@H](c2ccccc2)[C@H]2CCCC[C@H]21. The zero-order valence-electron chi connectivity index (χ0n) is 16.0. The fourth-order valence-electron chi connectivity index (χ4n) is 4.98. The summed E-state index contributed by atoms with van der Waals surface area (Å²) in [5.41, 5.74) is 2.03. The zero-order valence-corrected chi connectivity index (χ0v) is 16.0. The molecule has 1 aromatic carbocycles. The Bertz CT molecular complexity index is 777. The van der Waals surface area contributed by atoms with E-state index in [1.807, 2.05) is 19.1 Å². The van der Waals surface area contributed by atoms with Crippen LogP contribution in [-0.4, -0.2) is 35.0 Å². The highest BCUT2D eigenvalue weighted by Gasteiger charge is 2.42. The molecule has 1 aromatic heterocycles. The number of fused-ring (bicyclic) bond motifs is 1. The standard InChI is InChI=1S/C23H28N2O2/c1-2-27-22-20(12-8-15-24-22)23(26)25-16-14-18(17-9-4-3-5-10-17)19-11-6-7-13-21(19)25/h3-5,8-10,12,15,18-19,21H,2,6-7,11,13-14,16H2,1H3/t18-,19-,21-/m1/s1. The Morgan fingerprint density at radius 3 is 2.74 bits per heavy atom. The number of ether oxygens (including phenoxy) is 1. The van der Waals surface area contributed by atoms with Gasteiger partial charge in [0.25, 0.3) is 5.91 Å². The molecule has 1 aliphatic heterocycles. The van der Waals surface area contributed by atoms with Gasteiger partial charge in [0.1, 0.15) is 5.56 Å². The highest BCUT2D eigenvalue weighted by Crippen LogP contribution is 2.44. The Hall–Kier alpha value is -2.36. The molecule has 0 radical (unpaired) electrons. The third kappa shape index (κ3) is 3.58. The first kappa shape index (κ1) is 18.0. The number of amides is 1. The van der Waals surface area contributed by atoms with E-state index in [0.29, 0.717) is 35.9 Å². The first-order chi connectivity index (χ1) is 13.3. The Balaban J connectivity index is 1.61. The van der Waals surface area contributed by atoms with Crippen molar-refractivity contribution in [1.29, 1.82) is 0 Å². The molecule has 142 valence electrons. The van der Waals surface area contributed by atoms with E-state index < -0.39 is 0 Å². The predicted octanol–water partition coefficient (Wildman–Crippen LogP) is 4.67. The molecule has 4 rings (SSSR count). The second-order valence-electron chi connectivity index (χ2n) is 7.61. The molecule has 2 aromatic rings. The third-order valence-electron chi connectivity index (χ3n) is 6.15. The monoisotopic (exact) mass is 364 g/mol. The second kappa shape index (κ2) is 8.12. The number of carbonyl (C=O) groups excluding carboxylic acids is 1. The maximum absolute atomic E-state index is 13.4. The minimum Gasteiger partial charge on any atom is -0.477 e. The molecule has 0 N–H and O–H groups in total. The smallest absolute Gasteiger partial charge is 0.259 e. The van der Waals surface area contributed by atoms with E-state index in [9.17, 15) is 4.79 Å². The van der Waals surface area contributed by atoms with Gasteiger partial charge in [-0.25, -0.2) is 4.98 Å². The van der Waals surface area contributed by atoms with Gasteiger partial charge in [0.05, 0.1) is 6.61 Å². The van der Waals surface area contributed by atoms with Gasteiger partial charge in [0, 0.05) is 18.8 Å². The molecular weight excluding hydrogens is 336 g/mol. The second-order valence-corrected chi connectivity index (χ2v) is 7.61. The quantitative estimate of drug-likeness (QED) is 0.792. The van der Waals surface area contributed by atoms with Gasteiger partial charge >= 0.3 is 0 Å². The summed E-state index contributed by atoms with van der Waals surface area (Å²) in [5.74, 6) is 1.64. The van der Waals surface area contributed by atoms with Gasteiger partial charge in [-0.15, -0.1) is 0 Å². The fraction of sp³-hybridized carbons (Fsp3) is 0.478. The molecular formula is C23H28N2O2. The molecule has 0 unspecified atom stereocenters. The summed E-state index contributed by atoms with van der Waals surface area (Å²) < 4.78 is 5.62. The molecule has 0 spiro atoms. The molecule has 27 heavy (non-hydrogen) atoms. The topological polar surface area (TPSA) is 42.4 Å². The Kier molecular flexibility index (Phi) is 5.42. The van der Waals surface area contributed by atoms with Gasteiger partial charge in [-0.1, -0.05) is 43.2 Å². The number of benzene rings is 1. The molecule has 1 aliphatic carbocycles. The Morgan fingerprint density at radius 2 is 1.93 bits per heavy atom. The number of carbonyl (C=O) groups is 1. The lowest BCUT2D eigenvalue weighted by molar-refractivity contribution is 0.0315. The van der Waals surface area contributed by atoms with E-state index in [0.717, 1.165) is 19.4 Å². The minimum atomic E-state index is 0.0787. The van der Waals surface area contributed by atoms with Crippen LogP contribution in [0.25, 0.3) is 0 Å². The van der Waals surface area contributed by atoms with Gasteiger partial charge in [0.2, 0.25) is 5.88 Å². The van der Waals surface area contributed by atoms with Crippen LogP contribution >= 0.6 is 0 Å². The number of hydrogen-bond donors (Lipinski definition) is 0. The summed E-state index contributed by atoms with van der Waals surface area (Å²) in [6.07, 6.45) is 7.50. The third-order valence-corrected chi connectivity index (χ3v) is 6.15. The molecule has 2 aliphatic rings. The number of piperidine rings is 1. The average molecular weight is 364 g/mol. The van der Waals surface area contributed by atoms with Crippen LogP contribution in [0.4, 0.5) is 0 Å². The van der Waals surface area contributed by atoms with E-state index >= 15 is 0 Å². The van der Waals surface area contributed by atoms with Gasteiger partial charge in [-0.05, 0) is 55.7 Å². The first-order valence-electron chi connectivity index (χ1n) is 10.2. The van der Waals surface area contributed by atoms with Crippen LogP contribution in [0.15, 0.2) is 48.7 Å². The number of aromatic nitrogens is 1. The summed E-state index contributed by atoms with van der Waals surface area (Å²) in [7, 11) is 0. The Morgan fingerprint density at radius 1 is 1.11 bits per heavy atom. The predicted molar refractivity (Wildman–Crippen MR) is 106 cm³/mol. The maximum atomic E-state index is 13.4. The normalized spacial score (nSPS) is 24.9. The van der Waals surface area contributed by atoms with Crippen LogP contribution in [0.3, 0.4) is 0 Å². The summed E-state index contributed by atoms with van der Waals surface area (Å²) in [6.45, 7) is 3.24. The van der Waals surface area contributed by atoms with Crippen LogP contribution in [-0.2, 0) is 0 Å². The van der Waals surface area contributed by atoms with Crippen molar-refractivity contribution in [3.05, 3.63) is 59.8 Å². The van der Waals surface area contributed by atoms with Crippen LogP contribution in [0.5, 0.6) is 5.88 Å². The summed E-state index contributed by atoms with van der Waals surface area (Å²) in [4.78, 5) is 19.8. The number of hydrogen-bond acceptors (Lipinski definition) is 3. The van der Waals surface area contributed by atoms with Crippen molar-refractivity contribution in [2.24, 2.45) is 5.92 Å². The summed E-state index contributed by atoms with van der Waals surface area (Å²) in [5, 5.41) is 0. The molecule has 2 heterocycles. The van der Waals surface area contributed by atoms with Crippen LogP contribution in [0, 0.1) is 5.92 Å². The lowest BCUT2D eigenvalue weighted by Gasteiger charge is -2.48. The average Bonchev–Trinajstić information content (AvgIpc) is 2.74. The van der Waals surface area contributed by atoms with E-state index in [2.05, 4.69) is 40.2 Å². The van der Waals surface area contributed by atoms with E-state index in [1.165, 1.54) is 24.8 Å². The lowest BCUT2D eigenvalue weighted by atomic mass is 9.69. The lowest BCUT2D eigenvalue weighted by Crippen LogP contribution is -2.52. The summed E-state index contributed by atoms with van der Waals surface area (Å²) >= 11 is 0. The fourth-order valence-corrected chi connectivity index (χ4v) is 4.98. The van der Waals surface area contributed by atoms with Crippen LogP contribution < -0.4 is 4.74 Å². The van der Waals surface area contributed by atoms with E-state index in [1.54, 1.807) is 6.20 Å². The van der Waals surface area contributed by atoms with Crippen LogP contribution in [0.1, 0.15) is 60.9 Å². The van der Waals surface area contributed by atoms with Crippen molar-refractivity contribution >= 4 is 5.91 Å². The number of pyridine rings is 1. The number of nitrogens with zero attached hydrogens (tertiary/aromatic N) is 2. The highest BCUT2D eigenvalue weighted by atomic mass is 16.5. The van der Waals surface area contributed by atoms with Crippen molar-refractivity contribution in [3.8, 4) is 5.88 Å². The van der Waals surface area contributed by atoms with Gasteiger partial charge < -0.3 is 9.64 Å². The van der Waals surface area contributed by atoms with Crippen molar-refractivity contribution < 1.29 is 9.53 Å². The van der Waals surface area contributed by atoms with Gasteiger partial charge in [-0.3, -0.25) is 4.79 Å². The highest BCUT2D eigenvalue weighted by molar-refractivity contribution is 5.96. The zero-order chi connectivity index (χ0) is 18.6. The van der Waals surface area contributed by atoms with Gasteiger partial charge in [0.15, 0.2) is 0 Å². The van der Waals surface area contributed by atoms with Crippen LogP contribution in [0.2, 0.25) is 0 Å². The van der Waals surface area contributed by atoms with E-state index in [4.69, 9.17) is 4.74 Å². The summed E-state index contributed by atoms with van der Waals surface area (Å²) in [6, 6.07) is 14.8. The van der Waals surface area contributed by atoms with Crippen molar-refractivity contribution in [1.82, 2.24) is 9.88 Å². The Labute approximate surface area is 161 Å². The molecule has 1 saturated heterocycles. The molecule has 2 fully saturated rings. The largest absolute Gasteiger partial charge is 0.477 e. The maximum Gasteiger partial charge on any atom is 0.259 e. The van der Waals surface area contributed by atoms with Crippen molar-refractivity contribution in [2.45, 2.75) is 51.0 Å². The minimum absolute atomic E-state index is 0.0787. The molecule has 4 nitrogen and oxygen atoms in total. The number of rotatable bonds is 4. The van der Waals surface area contributed by atoms with Gasteiger partial charge in [-0.2, -0.15) is 0 Å². The molecule has 0 bridgehead atoms. The first-order valence-corrected chi connectivity index (χ1v) is 10.2. The number of likely N-dealkylation sites (tertiary alicyclic amines) is 1. The molecule has 3 atom stereocenters. The molecule has 4 heteroatoms. The molecule has 1 amide bonds. The van der Waals surface area contributed by atoms with Crippen molar-refractivity contribution in [3.63, 3.8) is 0 Å². The molecule has 1 saturated carbocycles. The van der Waals surface area contributed by atoms with Crippen molar-refractivity contribution in [2.75, 3.05) is 13.2 Å².